The quantitative estimate of drug-likeness (QED) is 0.0360. The first-order chi connectivity index (χ1) is 27.4. The highest BCUT2D eigenvalue weighted by molar-refractivity contribution is 8.78. The number of aliphatic carboxylic acids is 4. The van der Waals surface area contributed by atoms with Crippen molar-refractivity contribution >= 4 is 135 Å². The van der Waals surface area contributed by atoms with Crippen molar-refractivity contribution in [2.24, 2.45) is 0 Å². The van der Waals surface area contributed by atoms with Crippen molar-refractivity contribution in [3.63, 3.8) is 0 Å². The Bertz CT molecular complexity index is 1980. The van der Waals surface area contributed by atoms with E-state index >= 15 is 0 Å². The number of hydrogen-bond acceptors (Lipinski definition) is 20. The first-order valence-electron chi connectivity index (χ1n) is 16.3. The number of hydrogen-bond donors (Lipinski definition) is 6. The molecule has 32 heteroatoms. The van der Waals surface area contributed by atoms with E-state index in [2.05, 4.69) is 0 Å². The molecule has 4 saturated heterocycles. The molecule has 0 aliphatic carbocycles. The smallest absolute Gasteiger partial charge is 0.341 e. The monoisotopic (exact) mass is 968 g/mol. The predicted octanol–water partition coefficient (Wildman–Crippen LogP) is -2.43. The number of carboxylic acid groups (broad SMARTS) is 4. The van der Waals surface area contributed by atoms with Gasteiger partial charge in [0.15, 0.2) is 10.5 Å². The highest BCUT2D eigenvalue weighted by Crippen LogP contribution is 2.49. The fraction of sp³-hybridized carbons (Fsp3) is 0.571. The van der Waals surface area contributed by atoms with Gasteiger partial charge in [-0.25, -0.2) is 19.2 Å². The van der Waals surface area contributed by atoms with E-state index in [1.165, 1.54) is 0 Å². The van der Waals surface area contributed by atoms with Gasteiger partial charge in [-0.2, -0.15) is 16.8 Å². The van der Waals surface area contributed by atoms with Gasteiger partial charge < -0.3 is 20.4 Å². The molecule has 6 N–H and O–H groups in total. The van der Waals surface area contributed by atoms with Crippen LogP contribution in [0.1, 0.15) is 52.4 Å². The van der Waals surface area contributed by atoms with E-state index in [0.717, 1.165) is 13.8 Å². The average molecular weight is 969 g/mol. The van der Waals surface area contributed by atoms with Crippen molar-refractivity contribution in [2.75, 3.05) is 11.5 Å². The summed E-state index contributed by atoms with van der Waals surface area (Å²) in [7, 11) is -7.86. The summed E-state index contributed by atoms with van der Waals surface area (Å²) in [6.45, 7) is 2.20. The van der Waals surface area contributed by atoms with Gasteiger partial charge in [-0.05, 0) is 13.8 Å². The molecule has 4 aliphatic rings. The Kier molecular flexibility index (Phi) is 15.6. The molecular formula is C28H32N4O22S6. The predicted molar refractivity (Wildman–Crippen MR) is 201 cm³/mol. The SMILES string of the molecule is CC(SSC(C)(C(=O)O)N1C(=O)CCC1=O)(C(=O)O)N1C(=O)CCC1=O.O=C(O)C(CSSCC(C(=O)O)N1C(=O)CC(S(=O)(=O)O)C1=O)N1C(=O)CC(S(=O)(=O)O)C1=O. The van der Waals surface area contributed by atoms with E-state index in [0.29, 0.717) is 53.0 Å². The second kappa shape index (κ2) is 18.7. The lowest BCUT2D eigenvalue weighted by atomic mass is 10.3. The van der Waals surface area contributed by atoms with Crippen LogP contribution >= 0.6 is 43.2 Å². The molecule has 8 amide bonds. The van der Waals surface area contributed by atoms with Gasteiger partial charge in [0.1, 0.15) is 12.1 Å². The Hall–Kier alpha value is -4.34. The molecule has 4 fully saturated rings. The third-order valence-electron chi connectivity index (χ3n) is 8.85. The minimum absolute atomic E-state index is 0.133. The lowest BCUT2D eigenvalue weighted by molar-refractivity contribution is -0.155. The second-order valence-corrected chi connectivity index (χ2v) is 21.6. The van der Waals surface area contributed by atoms with Gasteiger partial charge in [0.05, 0.1) is 12.8 Å². The van der Waals surface area contributed by atoms with Crippen molar-refractivity contribution < 1.29 is 104 Å². The molecule has 4 rings (SSSR count). The number of carbonyl (C=O) groups is 12. The van der Waals surface area contributed by atoms with Crippen LogP contribution in [0, 0.1) is 0 Å². The standard InChI is InChI=1S/C14H16N2O14S4.C14H16N2O8S2/c17-9-1-7(33(25,26)27)11(19)15(9)5(13(21)22)3-31-32-4-6(14(23)24)16-10(18)2-8(12(16)20)34(28,29)30;1-13(11(21)22,15-7(17)3-4-8(15)18)25-26-14(2,12(23)24)16-9(19)5-6-10(16)20/h5-8H,1-4H2,(H,21,22)(H,23,24)(H,25,26,27)(H,28,29,30);3-6H2,1-2H3,(H,21,22)(H,23,24). The largest absolute Gasteiger partial charge is 0.480 e. The van der Waals surface area contributed by atoms with Crippen LogP contribution in [-0.4, -0.2) is 181 Å². The lowest BCUT2D eigenvalue weighted by Gasteiger charge is -2.37. The van der Waals surface area contributed by atoms with Gasteiger partial charge in [0.25, 0.3) is 32.1 Å². The summed E-state index contributed by atoms with van der Waals surface area (Å²) in [5.74, 6) is -15.6. The Labute approximate surface area is 352 Å². The van der Waals surface area contributed by atoms with E-state index in [9.17, 15) is 94.8 Å². The Balaban J connectivity index is 0.000000332. The molecule has 0 aromatic carbocycles. The number of likely N-dealkylation sites (tertiary alicyclic amines) is 4. The second-order valence-electron chi connectivity index (χ2n) is 12.9. The Morgan fingerprint density at radius 3 is 1.03 bits per heavy atom. The van der Waals surface area contributed by atoms with E-state index in [1.807, 2.05) is 0 Å². The maximum atomic E-state index is 12.2. The first kappa shape index (κ1) is 50.0. The molecular weight excluding hydrogens is 937 g/mol. The number of carbonyl (C=O) groups excluding carboxylic acids is 8. The van der Waals surface area contributed by atoms with E-state index < -0.39 is 148 Å². The van der Waals surface area contributed by atoms with Crippen LogP contribution in [0.2, 0.25) is 0 Å². The molecule has 60 heavy (non-hydrogen) atoms. The zero-order valence-corrected chi connectivity index (χ0v) is 35.3. The average Bonchev–Trinajstić information content (AvgIpc) is 3.83. The molecule has 0 saturated carbocycles. The van der Waals surface area contributed by atoms with Gasteiger partial charge in [0.2, 0.25) is 45.2 Å². The van der Waals surface area contributed by atoms with Gasteiger partial charge in [-0.1, -0.05) is 43.2 Å². The fourth-order valence-electron chi connectivity index (χ4n) is 5.71. The molecule has 0 aromatic rings. The summed E-state index contributed by atoms with van der Waals surface area (Å²) in [5.41, 5.74) is 0. The number of carboxylic acids is 4. The minimum atomic E-state index is -4.97. The van der Waals surface area contributed by atoms with Gasteiger partial charge in [-0.3, -0.25) is 67.1 Å². The minimum Gasteiger partial charge on any atom is -0.480 e. The van der Waals surface area contributed by atoms with Crippen LogP contribution in [0.5, 0.6) is 0 Å². The van der Waals surface area contributed by atoms with E-state index in [1.54, 1.807) is 0 Å². The molecule has 332 valence electrons. The number of nitrogens with zero attached hydrogens (tertiary/aromatic N) is 4. The number of rotatable bonds is 18. The molecule has 6 atom stereocenters. The molecule has 4 aliphatic heterocycles. The highest BCUT2D eigenvalue weighted by Gasteiger charge is 2.56. The van der Waals surface area contributed by atoms with Crippen molar-refractivity contribution in [1.82, 2.24) is 19.6 Å². The van der Waals surface area contributed by atoms with Crippen molar-refractivity contribution in [1.29, 1.82) is 0 Å². The van der Waals surface area contributed by atoms with Gasteiger partial charge in [-0.15, -0.1) is 0 Å². The Morgan fingerprint density at radius 1 is 0.567 bits per heavy atom. The van der Waals surface area contributed by atoms with Crippen LogP contribution in [0.25, 0.3) is 0 Å². The molecule has 0 bridgehead atoms. The number of imide groups is 4. The maximum absolute atomic E-state index is 12.2. The lowest BCUT2D eigenvalue weighted by Crippen LogP contribution is -2.55. The van der Waals surface area contributed by atoms with Crippen LogP contribution < -0.4 is 0 Å². The molecule has 26 nitrogen and oxygen atoms in total. The van der Waals surface area contributed by atoms with Gasteiger partial charge >= 0.3 is 23.9 Å². The zero-order chi connectivity index (χ0) is 46.0. The normalized spacial score (nSPS) is 23.1. The topological polar surface area (TPSA) is 407 Å². The fourth-order valence-corrected chi connectivity index (χ4v) is 12.4. The summed E-state index contributed by atoms with van der Waals surface area (Å²) >= 11 is 0. The third kappa shape index (κ3) is 10.4. The summed E-state index contributed by atoms with van der Waals surface area (Å²) in [5, 5.41) is 33.5. The van der Waals surface area contributed by atoms with Crippen LogP contribution in [0.3, 0.4) is 0 Å². The zero-order valence-electron chi connectivity index (χ0n) is 30.4. The first-order valence-corrected chi connectivity index (χ1v) is 24.0. The molecule has 0 radical (unpaired) electrons. The van der Waals surface area contributed by atoms with Crippen molar-refractivity contribution in [3.05, 3.63) is 0 Å². The highest BCUT2D eigenvalue weighted by atomic mass is 33.1. The maximum Gasteiger partial charge on any atom is 0.341 e. The molecule has 4 heterocycles. The summed E-state index contributed by atoms with van der Waals surface area (Å²) in [6.07, 6.45) is -2.46. The molecule has 0 aromatic heterocycles. The number of amides is 8. The molecule has 0 spiro atoms. The van der Waals surface area contributed by atoms with Gasteiger partial charge in [0, 0.05) is 37.2 Å². The third-order valence-corrected chi connectivity index (χ3v) is 17.1. The summed E-state index contributed by atoms with van der Waals surface area (Å²) in [6, 6.07) is -3.77. The van der Waals surface area contributed by atoms with E-state index in [-0.39, 0.29) is 35.5 Å². The van der Waals surface area contributed by atoms with Crippen LogP contribution in [0.4, 0.5) is 0 Å². The van der Waals surface area contributed by atoms with E-state index in [4.69, 9.17) is 9.11 Å². The van der Waals surface area contributed by atoms with Crippen LogP contribution in [0.15, 0.2) is 0 Å². The summed E-state index contributed by atoms with van der Waals surface area (Å²) < 4.78 is 63.0. The van der Waals surface area contributed by atoms with Crippen LogP contribution in [-0.2, 0) is 77.8 Å². The molecule has 6 unspecified atom stereocenters. The van der Waals surface area contributed by atoms with Crippen molar-refractivity contribution in [2.45, 2.75) is 84.7 Å². The Morgan fingerprint density at radius 2 is 0.833 bits per heavy atom. The van der Waals surface area contributed by atoms with Crippen molar-refractivity contribution in [3.8, 4) is 0 Å². The summed E-state index contributed by atoms with van der Waals surface area (Å²) in [4.78, 5) is 140.